The number of hydrogen-bond donors (Lipinski definition) is 2. The lowest BCUT2D eigenvalue weighted by molar-refractivity contribution is 0.302. The summed E-state index contributed by atoms with van der Waals surface area (Å²) in [5.74, 6) is 0.934. The summed E-state index contributed by atoms with van der Waals surface area (Å²) in [4.78, 5) is 0. The van der Waals surface area contributed by atoms with E-state index in [-0.39, 0.29) is 5.75 Å². The van der Waals surface area contributed by atoms with Crippen molar-refractivity contribution in [3.63, 3.8) is 0 Å². The molecule has 3 nitrogen and oxygen atoms in total. The highest BCUT2D eigenvalue weighted by atomic mass is 16.5. The highest BCUT2D eigenvalue weighted by molar-refractivity contribution is 5.37. The van der Waals surface area contributed by atoms with E-state index >= 15 is 0 Å². The fourth-order valence-electron chi connectivity index (χ4n) is 2.48. The lowest BCUT2D eigenvalue weighted by atomic mass is 9.96. The normalized spacial score (nSPS) is 13.9. The standard InChI is InChI=1S/C16H17NO2/c18-14-5-2-6-15(9-14)19-11-13-4-1-3-12-10-17-8-7-16(12)13/h1-6,9,17-18H,7-8,10-11H2. The van der Waals surface area contributed by atoms with Gasteiger partial charge < -0.3 is 15.2 Å². The van der Waals surface area contributed by atoms with E-state index < -0.39 is 0 Å². The average molecular weight is 255 g/mol. The Labute approximate surface area is 112 Å². The fourth-order valence-corrected chi connectivity index (χ4v) is 2.48. The van der Waals surface area contributed by atoms with Gasteiger partial charge in [0, 0.05) is 12.6 Å². The van der Waals surface area contributed by atoms with Gasteiger partial charge in [-0.3, -0.25) is 0 Å². The molecule has 0 amide bonds. The molecule has 2 aromatic rings. The summed E-state index contributed by atoms with van der Waals surface area (Å²) < 4.78 is 5.76. The molecule has 0 fully saturated rings. The lowest BCUT2D eigenvalue weighted by Crippen LogP contribution is -2.24. The van der Waals surface area contributed by atoms with Crippen LogP contribution in [0, 0.1) is 0 Å². The van der Waals surface area contributed by atoms with E-state index in [2.05, 4.69) is 23.5 Å². The molecular weight excluding hydrogens is 238 g/mol. The van der Waals surface area contributed by atoms with Crippen LogP contribution >= 0.6 is 0 Å². The van der Waals surface area contributed by atoms with Crippen LogP contribution in [0.5, 0.6) is 11.5 Å². The van der Waals surface area contributed by atoms with Gasteiger partial charge >= 0.3 is 0 Å². The van der Waals surface area contributed by atoms with Crippen LogP contribution in [0.1, 0.15) is 16.7 Å². The van der Waals surface area contributed by atoms with Crippen molar-refractivity contribution in [1.82, 2.24) is 5.32 Å². The number of ether oxygens (including phenoxy) is 1. The van der Waals surface area contributed by atoms with Gasteiger partial charge in [0.05, 0.1) is 0 Å². The zero-order valence-corrected chi connectivity index (χ0v) is 10.7. The maximum absolute atomic E-state index is 9.41. The third kappa shape index (κ3) is 2.71. The van der Waals surface area contributed by atoms with Gasteiger partial charge in [-0.15, -0.1) is 0 Å². The molecule has 19 heavy (non-hydrogen) atoms. The Bertz CT molecular complexity index is 581. The van der Waals surface area contributed by atoms with Crippen LogP contribution in [0.15, 0.2) is 42.5 Å². The number of rotatable bonds is 3. The molecule has 1 heterocycles. The topological polar surface area (TPSA) is 41.5 Å². The summed E-state index contributed by atoms with van der Waals surface area (Å²) in [5.41, 5.74) is 4.01. The Morgan fingerprint density at radius 2 is 2.05 bits per heavy atom. The quantitative estimate of drug-likeness (QED) is 0.886. The number of hydrogen-bond acceptors (Lipinski definition) is 3. The van der Waals surface area contributed by atoms with Crippen LogP contribution in [0.3, 0.4) is 0 Å². The second-order valence-corrected chi connectivity index (χ2v) is 4.77. The molecule has 2 aromatic carbocycles. The Hall–Kier alpha value is -2.00. The number of phenols is 1. The Morgan fingerprint density at radius 1 is 1.16 bits per heavy atom. The fraction of sp³-hybridized carbons (Fsp3) is 0.250. The Kier molecular flexibility index (Phi) is 3.38. The van der Waals surface area contributed by atoms with Crippen LogP contribution in [0.25, 0.3) is 0 Å². The molecule has 98 valence electrons. The van der Waals surface area contributed by atoms with Gasteiger partial charge in [-0.05, 0) is 41.8 Å². The molecule has 0 aliphatic carbocycles. The van der Waals surface area contributed by atoms with Crippen molar-refractivity contribution in [2.75, 3.05) is 6.54 Å². The predicted molar refractivity (Wildman–Crippen MR) is 74.3 cm³/mol. The Morgan fingerprint density at radius 3 is 2.95 bits per heavy atom. The van der Waals surface area contributed by atoms with Gasteiger partial charge in [0.1, 0.15) is 18.1 Å². The number of fused-ring (bicyclic) bond motifs is 1. The number of benzene rings is 2. The molecule has 0 spiro atoms. The Balaban J connectivity index is 1.77. The molecule has 0 bridgehead atoms. The molecule has 3 rings (SSSR count). The van der Waals surface area contributed by atoms with Gasteiger partial charge in [-0.1, -0.05) is 24.3 Å². The first kappa shape index (κ1) is 12.1. The van der Waals surface area contributed by atoms with Crippen LogP contribution in [-0.4, -0.2) is 11.7 Å². The van der Waals surface area contributed by atoms with Gasteiger partial charge in [-0.25, -0.2) is 0 Å². The number of phenolic OH excluding ortho intramolecular Hbond substituents is 1. The van der Waals surface area contributed by atoms with Gasteiger partial charge in [0.2, 0.25) is 0 Å². The molecule has 3 heteroatoms. The second-order valence-electron chi connectivity index (χ2n) is 4.77. The van der Waals surface area contributed by atoms with Crippen molar-refractivity contribution in [3.05, 3.63) is 59.2 Å². The summed E-state index contributed by atoms with van der Waals surface area (Å²) in [5, 5.41) is 12.8. The molecule has 2 N–H and O–H groups in total. The second kappa shape index (κ2) is 5.33. The van der Waals surface area contributed by atoms with Crippen LogP contribution < -0.4 is 10.1 Å². The third-order valence-electron chi connectivity index (χ3n) is 3.45. The largest absolute Gasteiger partial charge is 0.508 e. The van der Waals surface area contributed by atoms with E-state index in [0.717, 1.165) is 19.5 Å². The zero-order chi connectivity index (χ0) is 13.1. The maximum atomic E-state index is 9.41. The molecule has 0 saturated heterocycles. The minimum Gasteiger partial charge on any atom is -0.508 e. The number of aromatic hydroxyl groups is 1. The molecule has 0 aromatic heterocycles. The monoisotopic (exact) mass is 255 g/mol. The summed E-state index contributed by atoms with van der Waals surface area (Å²) in [6.07, 6.45) is 1.05. The molecule has 0 unspecified atom stereocenters. The van der Waals surface area contributed by atoms with Crippen molar-refractivity contribution in [2.24, 2.45) is 0 Å². The minimum absolute atomic E-state index is 0.233. The highest BCUT2D eigenvalue weighted by Crippen LogP contribution is 2.22. The molecule has 1 aliphatic rings. The summed E-state index contributed by atoms with van der Waals surface area (Å²) >= 11 is 0. The van der Waals surface area contributed by atoms with Crippen molar-refractivity contribution < 1.29 is 9.84 Å². The maximum Gasteiger partial charge on any atom is 0.123 e. The average Bonchev–Trinajstić information content (AvgIpc) is 2.45. The van der Waals surface area contributed by atoms with Crippen molar-refractivity contribution in [1.29, 1.82) is 0 Å². The first-order valence-corrected chi connectivity index (χ1v) is 6.55. The predicted octanol–water partition coefficient (Wildman–Crippen LogP) is 2.62. The van der Waals surface area contributed by atoms with Crippen LogP contribution in [-0.2, 0) is 19.6 Å². The minimum atomic E-state index is 0.233. The van der Waals surface area contributed by atoms with Gasteiger partial charge in [0.25, 0.3) is 0 Å². The van der Waals surface area contributed by atoms with E-state index in [4.69, 9.17) is 4.74 Å². The third-order valence-corrected chi connectivity index (χ3v) is 3.45. The van der Waals surface area contributed by atoms with E-state index in [0.29, 0.717) is 12.4 Å². The van der Waals surface area contributed by atoms with Gasteiger partial charge in [-0.2, -0.15) is 0 Å². The van der Waals surface area contributed by atoms with Crippen molar-refractivity contribution in [3.8, 4) is 11.5 Å². The smallest absolute Gasteiger partial charge is 0.123 e. The zero-order valence-electron chi connectivity index (χ0n) is 10.7. The summed E-state index contributed by atoms with van der Waals surface area (Å²) in [6, 6.07) is 13.3. The van der Waals surface area contributed by atoms with Crippen LogP contribution in [0.4, 0.5) is 0 Å². The van der Waals surface area contributed by atoms with E-state index in [1.54, 1.807) is 18.2 Å². The highest BCUT2D eigenvalue weighted by Gasteiger charge is 2.12. The lowest BCUT2D eigenvalue weighted by Gasteiger charge is -2.20. The van der Waals surface area contributed by atoms with Gasteiger partial charge in [0.15, 0.2) is 0 Å². The molecular formula is C16H17NO2. The molecule has 1 aliphatic heterocycles. The summed E-state index contributed by atoms with van der Waals surface area (Å²) in [6.45, 7) is 2.51. The number of nitrogens with one attached hydrogen (secondary N) is 1. The van der Waals surface area contributed by atoms with Crippen molar-refractivity contribution in [2.45, 2.75) is 19.6 Å². The first-order valence-electron chi connectivity index (χ1n) is 6.55. The van der Waals surface area contributed by atoms with Crippen molar-refractivity contribution >= 4 is 0 Å². The van der Waals surface area contributed by atoms with E-state index in [9.17, 15) is 5.11 Å². The van der Waals surface area contributed by atoms with Crippen LogP contribution in [0.2, 0.25) is 0 Å². The molecule has 0 radical (unpaired) electrons. The summed E-state index contributed by atoms with van der Waals surface area (Å²) in [7, 11) is 0. The van der Waals surface area contributed by atoms with E-state index in [1.165, 1.54) is 16.7 Å². The molecule has 0 saturated carbocycles. The first-order chi connectivity index (χ1) is 9.33. The molecule has 0 atom stereocenters. The SMILES string of the molecule is Oc1cccc(OCc2cccc3c2CCNC3)c1. The van der Waals surface area contributed by atoms with E-state index in [1.807, 2.05) is 6.07 Å².